The summed E-state index contributed by atoms with van der Waals surface area (Å²) >= 11 is 0. The molecule has 1 aliphatic rings. The quantitative estimate of drug-likeness (QED) is 0.665. The number of rotatable bonds is 2. The van der Waals surface area contributed by atoms with Gasteiger partial charge in [-0.25, -0.2) is 0 Å². The minimum atomic E-state index is -0.683. The highest BCUT2D eigenvalue weighted by molar-refractivity contribution is 4.85. The van der Waals surface area contributed by atoms with E-state index in [0.29, 0.717) is 6.54 Å². The Balaban J connectivity index is 2.51. The number of hydrogen-bond acceptors (Lipinski definition) is 3. The van der Waals surface area contributed by atoms with Crippen molar-refractivity contribution in [1.29, 1.82) is 0 Å². The van der Waals surface area contributed by atoms with Gasteiger partial charge in [-0.3, -0.25) is 4.90 Å². The molecule has 78 valence electrons. The molecule has 13 heavy (non-hydrogen) atoms. The number of aliphatic hydroxyl groups is 2. The molecular weight excluding hydrogens is 166 g/mol. The second-order valence-electron chi connectivity index (χ2n) is 4.62. The Morgan fingerprint density at radius 1 is 1.46 bits per heavy atom. The number of nitrogens with zero attached hydrogens (tertiary/aromatic N) is 1. The molecule has 1 rings (SSSR count). The molecule has 3 heteroatoms. The maximum absolute atomic E-state index is 9.80. The molecule has 0 aromatic heterocycles. The Kier molecular flexibility index (Phi) is 3.33. The summed E-state index contributed by atoms with van der Waals surface area (Å²) < 4.78 is 0. The molecule has 0 aliphatic carbocycles. The molecule has 2 unspecified atom stereocenters. The van der Waals surface area contributed by atoms with Gasteiger partial charge in [-0.2, -0.15) is 0 Å². The van der Waals surface area contributed by atoms with Gasteiger partial charge < -0.3 is 10.2 Å². The number of hydrogen-bond donors (Lipinski definition) is 2. The minimum Gasteiger partial charge on any atom is -0.392 e. The molecule has 3 nitrogen and oxygen atoms in total. The van der Waals surface area contributed by atoms with Crippen LogP contribution in [0.25, 0.3) is 0 Å². The Morgan fingerprint density at radius 3 is 2.54 bits per heavy atom. The molecule has 0 aromatic carbocycles. The highest BCUT2D eigenvalue weighted by atomic mass is 16.3. The van der Waals surface area contributed by atoms with E-state index >= 15 is 0 Å². The summed E-state index contributed by atoms with van der Waals surface area (Å²) in [6.45, 7) is 7.34. The third-order valence-corrected chi connectivity index (χ3v) is 3.00. The summed E-state index contributed by atoms with van der Waals surface area (Å²) in [5.41, 5.74) is -0.683. The van der Waals surface area contributed by atoms with Crippen molar-refractivity contribution in [2.45, 2.75) is 51.4 Å². The smallest absolute Gasteiger partial charge is 0.0743 e. The molecule has 1 heterocycles. The van der Waals surface area contributed by atoms with Crippen molar-refractivity contribution in [3.63, 3.8) is 0 Å². The van der Waals surface area contributed by atoms with Crippen LogP contribution in [0.2, 0.25) is 0 Å². The summed E-state index contributed by atoms with van der Waals surface area (Å²) in [5, 5.41) is 19.3. The molecule has 1 fully saturated rings. The highest BCUT2D eigenvalue weighted by Crippen LogP contribution is 2.19. The van der Waals surface area contributed by atoms with Crippen LogP contribution in [0.3, 0.4) is 0 Å². The molecule has 1 aliphatic heterocycles. The highest BCUT2D eigenvalue weighted by Gasteiger charge is 2.30. The molecule has 0 amide bonds. The van der Waals surface area contributed by atoms with Crippen molar-refractivity contribution in [3.8, 4) is 0 Å². The van der Waals surface area contributed by atoms with Gasteiger partial charge in [-0.05, 0) is 40.2 Å². The van der Waals surface area contributed by atoms with E-state index in [4.69, 9.17) is 0 Å². The van der Waals surface area contributed by atoms with Crippen LogP contribution in [-0.4, -0.2) is 45.9 Å². The van der Waals surface area contributed by atoms with Gasteiger partial charge in [0.15, 0.2) is 0 Å². The molecule has 2 N–H and O–H groups in total. The van der Waals surface area contributed by atoms with Crippen LogP contribution in [-0.2, 0) is 0 Å². The van der Waals surface area contributed by atoms with Crippen molar-refractivity contribution < 1.29 is 10.2 Å². The van der Waals surface area contributed by atoms with Crippen LogP contribution in [0, 0.1) is 0 Å². The van der Waals surface area contributed by atoms with Gasteiger partial charge in [-0.1, -0.05) is 0 Å². The lowest BCUT2D eigenvalue weighted by atomic mass is 9.96. The molecule has 1 saturated heterocycles. The molecular formula is C10H21NO2. The van der Waals surface area contributed by atoms with Gasteiger partial charge in [0, 0.05) is 12.6 Å². The molecule has 0 spiro atoms. The normalized spacial score (nSPS) is 28.8. The van der Waals surface area contributed by atoms with E-state index in [-0.39, 0.29) is 12.1 Å². The maximum atomic E-state index is 9.80. The zero-order chi connectivity index (χ0) is 10.1. The van der Waals surface area contributed by atoms with Crippen molar-refractivity contribution >= 4 is 0 Å². The van der Waals surface area contributed by atoms with E-state index in [2.05, 4.69) is 4.90 Å². The van der Waals surface area contributed by atoms with E-state index in [1.165, 1.54) is 0 Å². The maximum Gasteiger partial charge on any atom is 0.0743 e. The first-order chi connectivity index (χ1) is 5.91. The average molecular weight is 187 g/mol. The molecule has 2 atom stereocenters. The van der Waals surface area contributed by atoms with Gasteiger partial charge in [0.1, 0.15) is 0 Å². The standard InChI is InChI=1S/C10H21NO2/c1-8(10(2,3)13)11-6-4-5-9(12)7-11/h8-9,12-13H,4-7H2,1-3H3. The van der Waals surface area contributed by atoms with E-state index < -0.39 is 5.60 Å². The Labute approximate surface area is 80.4 Å². The first-order valence-corrected chi connectivity index (χ1v) is 5.05. The lowest BCUT2D eigenvalue weighted by Crippen LogP contribution is -2.52. The van der Waals surface area contributed by atoms with Crippen LogP contribution < -0.4 is 0 Å². The van der Waals surface area contributed by atoms with Gasteiger partial charge in [0.25, 0.3) is 0 Å². The first-order valence-electron chi connectivity index (χ1n) is 5.05. The first kappa shape index (κ1) is 11.0. The summed E-state index contributed by atoms with van der Waals surface area (Å²) in [6, 6.07) is 0.113. The Morgan fingerprint density at radius 2 is 2.08 bits per heavy atom. The SMILES string of the molecule is CC(N1CCCC(O)C1)C(C)(C)O. The molecule has 0 saturated carbocycles. The van der Waals surface area contributed by atoms with Crippen molar-refractivity contribution in [1.82, 2.24) is 4.90 Å². The number of aliphatic hydroxyl groups excluding tert-OH is 1. The van der Waals surface area contributed by atoms with Gasteiger partial charge >= 0.3 is 0 Å². The van der Waals surface area contributed by atoms with Crippen molar-refractivity contribution in [2.24, 2.45) is 0 Å². The second-order valence-corrected chi connectivity index (χ2v) is 4.62. The molecule has 0 aromatic rings. The fraction of sp³-hybridized carbons (Fsp3) is 1.00. The summed E-state index contributed by atoms with van der Waals surface area (Å²) in [4.78, 5) is 2.16. The topological polar surface area (TPSA) is 43.7 Å². The minimum absolute atomic E-state index is 0.113. The van der Waals surface area contributed by atoms with Crippen LogP contribution in [0.5, 0.6) is 0 Å². The second kappa shape index (κ2) is 3.95. The largest absolute Gasteiger partial charge is 0.392 e. The molecule has 0 radical (unpaired) electrons. The van der Waals surface area contributed by atoms with Gasteiger partial charge in [-0.15, -0.1) is 0 Å². The Hall–Kier alpha value is -0.120. The van der Waals surface area contributed by atoms with E-state index in [9.17, 15) is 10.2 Å². The lowest BCUT2D eigenvalue weighted by molar-refractivity contribution is -0.0402. The van der Waals surface area contributed by atoms with Crippen molar-refractivity contribution in [3.05, 3.63) is 0 Å². The number of β-amino-alcohol motifs (C(OH)–C–C–N with tert-alkyl or cyclic N) is 1. The van der Waals surface area contributed by atoms with Crippen LogP contribution in [0.1, 0.15) is 33.6 Å². The van der Waals surface area contributed by atoms with Crippen LogP contribution in [0.15, 0.2) is 0 Å². The monoisotopic (exact) mass is 187 g/mol. The average Bonchev–Trinajstić information content (AvgIpc) is 2.01. The third-order valence-electron chi connectivity index (χ3n) is 3.00. The summed E-state index contributed by atoms with van der Waals surface area (Å²) in [7, 11) is 0. The predicted molar refractivity (Wildman–Crippen MR) is 52.6 cm³/mol. The fourth-order valence-electron chi connectivity index (χ4n) is 1.78. The lowest BCUT2D eigenvalue weighted by Gasteiger charge is -2.40. The van der Waals surface area contributed by atoms with Crippen molar-refractivity contribution in [2.75, 3.05) is 13.1 Å². The van der Waals surface area contributed by atoms with E-state index in [1.54, 1.807) is 0 Å². The third kappa shape index (κ3) is 2.93. The number of piperidine rings is 1. The van der Waals surface area contributed by atoms with E-state index in [0.717, 1.165) is 19.4 Å². The Bertz CT molecular complexity index is 165. The van der Waals surface area contributed by atoms with Crippen LogP contribution >= 0.6 is 0 Å². The zero-order valence-electron chi connectivity index (χ0n) is 8.82. The van der Waals surface area contributed by atoms with Gasteiger partial charge in [0.2, 0.25) is 0 Å². The van der Waals surface area contributed by atoms with Gasteiger partial charge in [0.05, 0.1) is 11.7 Å². The molecule has 0 bridgehead atoms. The number of likely N-dealkylation sites (tertiary alicyclic amines) is 1. The van der Waals surface area contributed by atoms with E-state index in [1.807, 2.05) is 20.8 Å². The summed E-state index contributed by atoms with van der Waals surface area (Å²) in [5.74, 6) is 0. The predicted octanol–water partition coefficient (Wildman–Crippen LogP) is 0.602. The fourth-order valence-corrected chi connectivity index (χ4v) is 1.78. The van der Waals surface area contributed by atoms with Crippen LogP contribution in [0.4, 0.5) is 0 Å². The summed E-state index contributed by atoms with van der Waals surface area (Å²) in [6.07, 6.45) is 1.72. The zero-order valence-corrected chi connectivity index (χ0v) is 8.82.